The van der Waals surface area contributed by atoms with Crippen LogP contribution >= 0.6 is 11.6 Å². The third kappa shape index (κ3) is 4.19. The quantitative estimate of drug-likeness (QED) is 0.870. The smallest absolute Gasteiger partial charge is 0.280 e. The van der Waals surface area contributed by atoms with Crippen LogP contribution in [0.3, 0.4) is 0 Å². The van der Waals surface area contributed by atoms with E-state index >= 15 is 0 Å². The molecule has 0 unspecified atom stereocenters. The molecular weight excluding hydrogens is 365 g/mol. The van der Waals surface area contributed by atoms with Crippen LogP contribution in [-0.2, 0) is 22.6 Å². The molecule has 2 aromatic carbocycles. The fourth-order valence-corrected chi connectivity index (χ4v) is 3.46. The van der Waals surface area contributed by atoms with Gasteiger partial charge in [0.05, 0.1) is 23.1 Å². The first-order valence-electron chi connectivity index (χ1n) is 6.49. The number of alkyl halides is 3. The highest BCUT2D eigenvalue weighted by Gasteiger charge is 2.32. The highest BCUT2D eigenvalue weighted by Crippen LogP contribution is 2.33. The van der Waals surface area contributed by atoms with Gasteiger partial charge >= 0.3 is 6.18 Å². The maximum absolute atomic E-state index is 12.7. The second-order valence-electron chi connectivity index (χ2n) is 4.78. The van der Waals surface area contributed by atoms with E-state index < -0.39 is 26.7 Å². The molecule has 0 heterocycles. The summed E-state index contributed by atoms with van der Waals surface area (Å²) in [5, 5.41) is 8.26. The number of nitriles is 1. The van der Waals surface area contributed by atoms with Gasteiger partial charge in [0.1, 0.15) is 4.90 Å². The fourth-order valence-electron chi connectivity index (χ4n) is 1.88. The van der Waals surface area contributed by atoms with Crippen molar-refractivity contribution in [2.45, 2.75) is 17.5 Å². The normalized spacial score (nSPS) is 11.8. The molecular formula is C15H10ClF3N2O2S. The number of anilines is 1. The number of benzene rings is 2. The standard InChI is InChI=1S/C15H10ClF3N2O2S/c16-13-6-3-11(15(17,18)19)9-14(13)24(22,23)21-12-4-1-10(2-5-12)7-8-20/h1-6,9,21H,7H2. The summed E-state index contributed by atoms with van der Waals surface area (Å²) >= 11 is 5.74. The summed E-state index contributed by atoms with van der Waals surface area (Å²) in [4.78, 5) is -0.667. The molecule has 0 spiro atoms. The molecule has 4 nitrogen and oxygen atoms in total. The molecule has 1 N–H and O–H groups in total. The van der Waals surface area contributed by atoms with Gasteiger partial charge in [0, 0.05) is 5.69 Å². The van der Waals surface area contributed by atoms with Crippen LogP contribution in [0.25, 0.3) is 0 Å². The number of hydrogen-bond acceptors (Lipinski definition) is 3. The van der Waals surface area contributed by atoms with Crippen molar-refractivity contribution in [3.05, 3.63) is 58.6 Å². The molecule has 2 aromatic rings. The first-order chi connectivity index (χ1) is 11.1. The molecule has 24 heavy (non-hydrogen) atoms. The summed E-state index contributed by atoms with van der Waals surface area (Å²) in [5.41, 5.74) is -0.292. The second-order valence-corrected chi connectivity index (χ2v) is 6.84. The summed E-state index contributed by atoms with van der Waals surface area (Å²) in [5.74, 6) is 0. The summed E-state index contributed by atoms with van der Waals surface area (Å²) < 4.78 is 65.0. The summed E-state index contributed by atoms with van der Waals surface area (Å²) in [6.45, 7) is 0. The number of sulfonamides is 1. The molecule has 2 rings (SSSR count). The number of hydrogen-bond donors (Lipinski definition) is 1. The van der Waals surface area contributed by atoms with Gasteiger partial charge in [-0.15, -0.1) is 0 Å². The van der Waals surface area contributed by atoms with Crippen molar-refractivity contribution in [2.24, 2.45) is 0 Å². The van der Waals surface area contributed by atoms with E-state index in [0.29, 0.717) is 17.7 Å². The molecule has 0 amide bonds. The minimum atomic E-state index is -4.69. The Morgan fingerprint density at radius 2 is 1.75 bits per heavy atom. The van der Waals surface area contributed by atoms with Gasteiger partial charge in [0.15, 0.2) is 0 Å². The minimum absolute atomic E-state index is 0.144. The van der Waals surface area contributed by atoms with Gasteiger partial charge < -0.3 is 0 Å². The van der Waals surface area contributed by atoms with Gasteiger partial charge in [-0.1, -0.05) is 23.7 Å². The zero-order chi connectivity index (χ0) is 18.0. The molecule has 0 saturated heterocycles. The summed E-state index contributed by atoms with van der Waals surface area (Å²) in [7, 11) is -4.30. The van der Waals surface area contributed by atoms with Gasteiger partial charge in [-0.2, -0.15) is 18.4 Å². The van der Waals surface area contributed by atoms with Crippen molar-refractivity contribution in [3.8, 4) is 6.07 Å². The maximum atomic E-state index is 12.7. The number of nitrogens with one attached hydrogen (secondary N) is 1. The Balaban J connectivity index is 2.35. The third-order valence-electron chi connectivity index (χ3n) is 3.04. The van der Waals surface area contributed by atoms with Crippen LogP contribution in [0.2, 0.25) is 5.02 Å². The Morgan fingerprint density at radius 1 is 1.12 bits per heavy atom. The topological polar surface area (TPSA) is 70.0 Å². The highest BCUT2D eigenvalue weighted by molar-refractivity contribution is 7.92. The monoisotopic (exact) mass is 374 g/mol. The van der Waals surface area contributed by atoms with E-state index in [4.69, 9.17) is 16.9 Å². The lowest BCUT2D eigenvalue weighted by Crippen LogP contribution is -2.15. The van der Waals surface area contributed by atoms with Crippen LogP contribution < -0.4 is 4.72 Å². The Kier molecular flexibility index (Phi) is 5.06. The molecule has 0 aliphatic carbocycles. The molecule has 0 radical (unpaired) electrons. The largest absolute Gasteiger partial charge is 0.416 e. The van der Waals surface area contributed by atoms with E-state index in [9.17, 15) is 21.6 Å². The molecule has 0 aliphatic rings. The van der Waals surface area contributed by atoms with Crippen molar-refractivity contribution in [2.75, 3.05) is 4.72 Å². The molecule has 0 fully saturated rings. The lowest BCUT2D eigenvalue weighted by atomic mass is 10.1. The summed E-state index contributed by atoms with van der Waals surface area (Å²) in [6.07, 6.45) is -4.53. The van der Waals surface area contributed by atoms with Crippen molar-refractivity contribution < 1.29 is 21.6 Å². The Morgan fingerprint density at radius 3 is 2.29 bits per heavy atom. The molecule has 126 valence electrons. The molecule has 0 bridgehead atoms. The van der Waals surface area contributed by atoms with E-state index in [-0.39, 0.29) is 17.1 Å². The van der Waals surface area contributed by atoms with Crippen LogP contribution in [0.5, 0.6) is 0 Å². The van der Waals surface area contributed by atoms with Crippen LogP contribution in [0.15, 0.2) is 47.4 Å². The highest BCUT2D eigenvalue weighted by atomic mass is 35.5. The van der Waals surface area contributed by atoms with Gasteiger partial charge in [0.2, 0.25) is 0 Å². The van der Waals surface area contributed by atoms with Crippen molar-refractivity contribution in [1.82, 2.24) is 0 Å². The fraction of sp³-hybridized carbons (Fsp3) is 0.133. The van der Waals surface area contributed by atoms with Crippen molar-refractivity contribution >= 4 is 27.3 Å². The second kappa shape index (κ2) is 6.71. The van der Waals surface area contributed by atoms with Crippen LogP contribution in [0, 0.1) is 11.3 Å². The lowest BCUT2D eigenvalue weighted by molar-refractivity contribution is -0.137. The van der Waals surface area contributed by atoms with Gasteiger partial charge in [-0.05, 0) is 35.9 Å². The Labute approximate surface area is 141 Å². The molecule has 0 aromatic heterocycles. The zero-order valence-electron chi connectivity index (χ0n) is 11.9. The molecule has 9 heteroatoms. The minimum Gasteiger partial charge on any atom is -0.280 e. The van der Waals surface area contributed by atoms with Gasteiger partial charge in [-0.25, -0.2) is 8.42 Å². The predicted octanol–water partition coefficient (Wildman–Crippen LogP) is 4.23. The lowest BCUT2D eigenvalue weighted by Gasteiger charge is -2.12. The van der Waals surface area contributed by atoms with E-state index in [1.807, 2.05) is 6.07 Å². The Hall–Kier alpha value is -2.24. The first-order valence-corrected chi connectivity index (χ1v) is 8.35. The van der Waals surface area contributed by atoms with E-state index in [1.165, 1.54) is 24.3 Å². The van der Waals surface area contributed by atoms with Crippen molar-refractivity contribution in [1.29, 1.82) is 5.26 Å². The SMILES string of the molecule is N#CCc1ccc(NS(=O)(=O)c2cc(C(F)(F)F)ccc2Cl)cc1. The van der Waals surface area contributed by atoms with E-state index in [2.05, 4.69) is 4.72 Å². The van der Waals surface area contributed by atoms with E-state index in [1.54, 1.807) is 0 Å². The van der Waals surface area contributed by atoms with Crippen LogP contribution in [-0.4, -0.2) is 8.42 Å². The van der Waals surface area contributed by atoms with E-state index in [0.717, 1.165) is 6.07 Å². The van der Waals surface area contributed by atoms with Gasteiger partial charge in [-0.3, -0.25) is 4.72 Å². The maximum Gasteiger partial charge on any atom is 0.416 e. The molecule has 0 atom stereocenters. The number of nitrogens with zero attached hydrogens (tertiary/aromatic N) is 1. The average Bonchev–Trinajstić information content (AvgIpc) is 2.48. The predicted molar refractivity (Wildman–Crippen MR) is 83.0 cm³/mol. The van der Waals surface area contributed by atoms with Gasteiger partial charge in [0.25, 0.3) is 10.0 Å². The number of halogens is 4. The van der Waals surface area contributed by atoms with Crippen LogP contribution in [0.1, 0.15) is 11.1 Å². The zero-order valence-corrected chi connectivity index (χ0v) is 13.5. The number of rotatable bonds is 4. The average molecular weight is 375 g/mol. The van der Waals surface area contributed by atoms with Crippen molar-refractivity contribution in [3.63, 3.8) is 0 Å². The molecule has 0 saturated carbocycles. The summed E-state index contributed by atoms with van der Waals surface area (Å²) in [6, 6.07) is 9.90. The Bertz CT molecular complexity index is 888. The van der Waals surface area contributed by atoms with Crippen LogP contribution in [0.4, 0.5) is 18.9 Å². The third-order valence-corrected chi connectivity index (χ3v) is 4.90. The molecule has 0 aliphatic heterocycles. The first kappa shape index (κ1) is 18.1.